The summed E-state index contributed by atoms with van der Waals surface area (Å²) >= 11 is 0. The predicted octanol–water partition coefficient (Wildman–Crippen LogP) is 1.69. The van der Waals surface area contributed by atoms with Crippen molar-refractivity contribution in [1.82, 2.24) is 19.7 Å². The van der Waals surface area contributed by atoms with E-state index in [4.69, 9.17) is 4.74 Å². The van der Waals surface area contributed by atoms with Gasteiger partial charge in [0.2, 0.25) is 0 Å². The molecule has 1 atom stereocenters. The van der Waals surface area contributed by atoms with Gasteiger partial charge in [0, 0.05) is 13.2 Å². The van der Waals surface area contributed by atoms with Crippen LogP contribution in [0, 0.1) is 0 Å². The van der Waals surface area contributed by atoms with Crippen molar-refractivity contribution in [2.45, 2.75) is 51.8 Å². The lowest BCUT2D eigenvalue weighted by atomic mass is 10.1. The van der Waals surface area contributed by atoms with E-state index >= 15 is 0 Å². The Bertz CT molecular complexity index is 347. The van der Waals surface area contributed by atoms with Gasteiger partial charge in [-0.2, -0.15) is 5.10 Å². The fourth-order valence-electron chi connectivity index (χ4n) is 2.46. The van der Waals surface area contributed by atoms with Crippen LogP contribution in [0.25, 0.3) is 0 Å². The van der Waals surface area contributed by atoms with Gasteiger partial charge in [-0.25, -0.2) is 9.67 Å². The molecule has 1 fully saturated rings. The molecule has 2 rings (SSSR count). The maximum Gasteiger partial charge on any atom is 0.140 e. The highest BCUT2D eigenvalue weighted by atomic mass is 16.5. The van der Waals surface area contributed by atoms with Crippen LogP contribution in [0.15, 0.2) is 6.33 Å². The zero-order valence-corrected chi connectivity index (χ0v) is 11.5. The monoisotopic (exact) mass is 252 g/mol. The summed E-state index contributed by atoms with van der Waals surface area (Å²) < 4.78 is 7.59. The predicted molar refractivity (Wildman–Crippen MR) is 70.2 cm³/mol. The van der Waals surface area contributed by atoms with Gasteiger partial charge >= 0.3 is 0 Å². The second-order valence-electron chi connectivity index (χ2n) is 5.01. The first-order valence-electron chi connectivity index (χ1n) is 6.96. The van der Waals surface area contributed by atoms with Crippen LogP contribution in [-0.4, -0.2) is 46.0 Å². The van der Waals surface area contributed by atoms with Crippen molar-refractivity contribution in [3.8, 4) is 0 Å². The van der Waals surface area contributed by atoms with Crippen LogP contribution in [0.4, 0.5) is 0 Å². The minimum absolute atomic E-state index is 0.512. The van der Waals surface area contributed by atoms with E-state index in [9.17, 15) is 0 Å². The van der Waals surface area contributed by atoms with Crippen molar-refractivity contribution >= 4 is 0 Å². The molecule has 1 aliphatic heterocycles. The molecule has 0 radical (unpaired) electrons. The molecule has 0 spiro atoms. The minimum Gasteiger partial charge on any atom is -0.378 e. The SMILES string of the molecule is CCn1ncnc1CN(C)CCC[C@@H]1CCCO1. The first-order valence-corrected chi connectivity index (χ1v) is 6.96. The van der Waals surface area contributed by atoms with Gasteiger partial charge in [0.05, 0.1) is 12.6 Å². The highest BCUT2D eigenvalue weighted by Crippen LogP contribution is 2.16. The Morgan fingerprint density at radius 1 is 1.56 bits per heavy atom. The number of aryl methyl sites for hydroxylation is 1. The number of rotatable bonds is 7. The summed E-state index contributed by atoms with van der Waals surface area (Å²) in [6.07, 6.45) is 7.01. The Kier molecular flexibility index (Phi) is 5.13. The second-order valence-corrected chi connectivity index (χ2v) is 5.01. The summed E-state index contributed by atoms with van der Waals surface area (Å²) in [5.41, 5.74) is 0. The Morgan fingerprint density at radius 3 is 3.17 bits per heavy atom. The number of hydrogen-bond acceptors (Lipinski definition) is 4. The molecule has 0 N–H and O–H groups in total. The molecule has 0 amide bonds. The Labute approximate surface area is 109 Å². The number of nitrogens with zero attached hydrogens (tertiary/aromatic N) is 4. The van der Waals surface area contributed by atoms with Crippen LogP contribution in [-0.2, 0) is 17.8 Å². The Morgan fingerprint density at radius 2 is 2.44 bits per heavy atom. The molecule has 0 saturated carbocycles. The summed E-state index contributed by atoms with van der Waals surface area (Å²) in [7, 11) is 2.14. The van der Waals surface area contributed by atoms with E-state index in [1.165, 1.54) is 25.7 Å². The van der Waals surface area contributed by atoms with Crippen LogP contribution in [0.2, 0.25) is 0 Å². The minimum atomic E-state index is 0.512. The molecule has 5 heteroatoms. The topological polar surface area (TPSA) is 43.2 Å². The lowest BCUT2D eigenvalue weighted by Crippen LogP contribution is -2.22. The number of aromatic nitrogens is 3. The average molecular weight is 252 g/mol. The highest BCUT2D eigenvalue weighted by molar-refractivity contribution is 4.83. The first-order chi connectivity index (χ1) is 8.79. The standard InChI is InChI=1S/C13H24N4O/c1-3-17-13(14-11-15-17)10-16(2)8-4-6-12-7-5-9-18-12/h11-12H,3-10H2,1-2H3/t12-/m1/s1. The molecule has 1 aliphatic rings. The number of hydrogen-bond donors (Lipinski definition) is 0. The summed E-state index contributed by atoms with van der Waals surface area (Å²) in [5.74, 6) is 1.05. The zero-order valence-electron chi connectivity index (χ0n) is 11.5. The van der Waals surface area contributed by atoms with Crippen molar-refractivity contribution in [3.63, 3.8) is 0 Å². The van der Waals surface area contributed by atoms with Crippen LogP contribution in [0.5, 0.6) is 0 Å². The van der Waals surface area contributed by atoms with Crippen molar-refractivity contribution < 1.29 is 4.74 Å². The fourth-order valence-corrected chi connectivity index (χ4v) is 2.46. The molecule has 0 bridgehead atoms. The average Bonchev–Trinajstić information content (AvgIpc) is 3.00. The van der Waals surface area contributed by atoms with Gasteiger partial charge in [-0.1, -0.05) is 0 Å². The molecular weight excluding hydrogens is 228 g/mol. The summed E-state index contributed by atoms with van der Waals surface area (Å²) in [6, 6.07) is 0. The van der Waals surface area contributed by atoms with Crippen LogP contribution in [0.1, 0.15) is 38.4 Å². The molecule has 1 aromatic heterocycles. The van der Waals surface area contributed by atoms with Gasteiger partial charge in [0.15, 0.2) is 0 Å². The maximum absolute atomic E-state index is 5.63. The molecule has 5 nitrogen and oxygen atoms in total. The largest absolute Gasteiger partial charge is 0.378 e. The van der Waals surface area contributed by atoms with E-state index in [2.05, 4.69) is 29.0 Å². The molecule has 0 aliphatic carbocycles. The maximum atomic E-state index is 5.63. The van der Waals surface area contributed by atoms with E-state index in [0.717, 1.165) is 32.1 Å². The van der Waals surface area contributed by atoms with Gasteiger partial charge < -0.3 is 4.74 Å². The molecule has 1 aromatic rings. The molecule has 2 heterocycles. The van der Waals surface area contributed by atoms with Crippen molar-refractivity contribution in [1.29, 1.82) is 0 Å². The van der Waals surface area contributed by atoms with Crippen molar-refractivity contribution in [3.05, 3.63) is 12.2 Å². The normalized spacial score (nSPS) is 19.8. The van der Waals surface area contributed by atoms with Gasteiger partial charge in [0.25, 0.3) is 0 Å². The van der Waals surface area contributed by atoms with E-state index in [0.29, 0.717) is 6.10 Å². The molecule has 102 valence electrons. The van der Waals surface area contributed by atoms with Crippen molar-refractivity contribution in [2.24, 2.45) is 0 Å². The number of ether oxygens (including phenoxy) is 1. The van der Waals surface area contributed by atoms with Gasteiger partial charge in [0.1, 0.15) is 12.2 Å². The van der Waals surface area contributed by atoms with Crippen LogP contribution in [0.3, 0.4) is 0 Å². The highest BCUT2D eigenvalue weighted by Gasteiger charge is 2.15. The van der Waals surface area contributed by atoms with E-state index in [1.54, 1.807) is 6.33 Å². The van der Waals surface area contributed by atoms with Crippen molar-refractivity contribution in [2.75, 3.05) is 20.2 Å². The van der Waals surface area contributed by atoms with Crippen LogP contribution >= 0.6 is 0 Å². The fraction of sp³-hybridized carbons (Fsp3) is 0.846. The molecule has 0 aromatic carbocycles. The zero-order chi connectivity index (χ0) is 12.8. The first kappa shape index (κ1) is 13.5. The van der Waals surface area contributed by atoms with E-state index in [1.807, 2.05) is 4.68 Å². The van der Waals surface area contributed by atoms with Crippen LogP contribution < -0.4 is 0 Å². The lowest BCUT2D eigenvalue weighted by Gasteiger charge is -2.17. The van der Waals surface area contributed by atoms with Gasteiger partial charge in [-0.15, -0.1) is 0 Å². The third kappa shape index (κ3) is 3.78. The molecule has 18 heavy (non-hydrogen) atoms. The summed E-state index contributed by atoms with van der Waals surface area (Å²) in [5, 5.41) is 4.19. The Hall–Kier alpha value is -0.940. The van der Waals surface area contributed by atoms with E-state index in [-0.39, 0.29) is 0 Å². The molecule has 0 unspecified atom stereocenters. The second kappa shape index (κ2) is 6.85. The summed E-state index contributed by atoms with van der Waals surface area (Å²) in [6.45, 7) is 5.91. The Balaban J connectivity index is 1.66. The van der Waals surface area contributed by atoms with Gasteiger partial charge in [-0.3, -0.25) is 4.90 Å². The molecule has 1 saturated heterocycles. The third-order valence-electron chi connectivity index (χ3n) is 3.50. The quantitative estimate of drug-likeness (QED) is 0.740. The van der Waals surface area contributed by atoms with E-state index < -0.39 is 0 Å². The van der Waals surface area contributed by atoms with Gasteiger partial charge in [-0.05, 0) is 46.2 Å². The smallest absolute Gasteiger partial charge is 0.140 e. The lowest BCUT2D eigenvalue weighted by molar-refractivity contribution is 0.0994. The third-order valence-corrected chi connectivity index (χ3v) is 3.50. The summed E-state index contributed by atoms with van der Waals surface area (Å²) in [4.78, 5) is 6.61. The molecular formula is C13H24N4O.